The minimum atomic E-state index is 0.758. The van der Waals surface area contributed by atoms with E-state index >= 15 is 0 Å². The maximum atomic E-state index is 4.72. The van der Waals surface area contributed by atoms with Gasteiger partial charge in [-0.25, -0.2) is 4.98 Å². The number of para-hydroxylation sites is 2. The van der Waals surface area contributed by atoms with Gasteiger partial charge >= 0.3 is 0 Å². The Morgan fingerprint density at radius 1 is 0.727 bits per heavy atom. The third-order valence-corrected chi connectivity index (χ3v) is 5.81. The SMILES string of the molecule is c1ccc(CNCc2cncc(-c3ccc4[nH]nc(-c5nc6ccccc6[nH]5)c4c3)c2)cc1. The average molecular weight is 431 g/mol. The van der Waals surface area contributed by atoms with E-state index in [1.165, 1.54) is 5.56 Å². The normalized spacial score (nSPS) is 11.4. The summed E-state index contributed by atoms with van der Waals surface area (Å²) in [4.78, 5) is 12.6. The van der Waals surface area contributed by atoms with Crippen LogP contribution in [0.4, 0.5) is 0 Å². The van der Waals surface area contributed by atoms with Crippen molar-refractivity contribution < 1.29 is 0 Å². The molecule has 160 valence electrons. The molecular weight excluding hydrogens is 408 g/mol. The number of nitrogens with zero attached hydrogens (tertiary/aromatic N) is 3. The monoisotopic (exact) mass is 430 g/mol. The molecule has 0 saturated heterocycles. The summed E-state index contributed by atoms with van der Waals surface area (Å²) in [5.74, 6) is 0.761. The minimum Gasteiger partial charge on any atom is -0.337 e. The van der Waals surface area contributed by atoms with Gasteiger partial charge in [0.05, 0.1) is 16.6 Å². The van der Waals surface area contributed by atoms with Crippen LogP contribution in [-0.2, 0) is 13.1 Å². The number of aromatic amines is 2. The second-order valence-corrected chi connectivity index (χ2v) is 8.11. The molecule has 6 nitrogen and oxygen atoms in total. The van der Waals surface area contributed by atoms with Gasteiger partial charge < -0.3 is 10.3 Å². The molecule has 3 aromatic heterocycles. The van der Waals surface area contributed by atoms with Crippen molar-refractivity contribution in [3.8, 4) is 22.6 Å². The Balaban J connectivity index is 1.28. The first-order valence-corrected chi connectivity index (χ1v) is 11.0. The maximum absolute atomic E-state index is 4.72. The van der Waals surface area contributed by atoms with Crippen LogP contribution >= 0.6 is 0 Å². The van der Waals surface area contributed by atoms with E-state index in [9.17, 15) is 0 Å². The summed E-state index contributed by atoms with van der Waals surface area (Å²) in [5, 5.41) is 12.2. The zero-order chi connectivity index (χ0) is 22.0. The van der Waals surface area contributed by atoms with E-state index in [-0.39, 0.29) is 0 Å². The Hall–Kier alpha value is -4.29. The molecule has 0 aliphatic carbocycles. The molecule has 0 aliphatic rings. The number of imidazole rings is 1. The number of nitrogens with one attached hydrogen (secondary N) is 3. The van der Waals surface area contributed by atoms with Crippen LogP contribution < -0.4 is 5.32 Å². The summed E-state index contributed by atoms with van der Waals surface area (Å²) in [6.45, 7) is 1.58. The Labute approximate surface area is 190 Å². The molecule has 0 radical (unpaired) electrons. The molecule has 0 aliphatic heterocycles. The molecule has 6 heteroatoms. The number of fused-ring (bicyclic) bond motifs is 2. The molecule has 6 rings (SSSR count). The lowest BCUT2D eigenvalue weighted by atomic mass is 10.0. The highest BCUT2D eigenvalue weighted by molar-refractivity contribution is 5.95. The summed E-state index contributed by atoms with van der Waals surface area (Å²) >= 11 is 0. The lowest BCUT2D eigenvalue weighted by Gasteiger charge is -2.07. The van der Waals surface area contributed by atoms with Crippen molar-refractivity contribution in [3.63, 3.8) is 0 Å². The van der Waals surface area contributed by atoms with Crippen LogP contribution in [0.5, 0.6) is 0 Å². The number of benzene rings is 3. The number of aromatic nitrogens is 5. The van der Waals surface area contributed by atoms with Gasteiger partial charge in [0, 0.05) is 36.4 Å². The van der Waals surface area contributed by atoms with Gasteiger partial charge in [-0.2, -0.15) is 5.10 Å². The second-order valence-electron chi connectivity index (χ2n) is 8.11. The number of hydrogen-bond acceptors (Lipinski definition) is 4. The van der Waals surface area contributed by atoms with Crippen LogP contribution in [0.3, 0.4) is 0 Å². The summed E-state index contributed by atoms with van der Waals surface area (Å²) in [6, 6.07) is 26.9. The highest BCUT2D eigenvalue weighted by atomic mass is 15.1. The van der Waals surface area contributed by atoms with Gasteiger partial charge in [-0.1, -0.05) is 48.5 Å². The quantitative estimate of drug-likeness (QED) is 0.328. The molecule has 0 bridgehead atoms. The van der Waals surface area contributed by atoms with E-state index in [0.29, 0.717) is 0 Å². The Kier molecular flexibility index (Phi) is 4.90. The lowest BCUT2D eigenvalue weighted by Crippen LogP contribution is -2.12. The second kappa shape index (κ2) is 8.33. The Morgan fingerprint density at radius 3 is 2.48 bits per heavy atom. The van der Waals surface area contributed by atoms with Crippen molar-refractivity contribution >= 4 is 21.9 Å². The summed E-state index contributed by atoms with van der Waals surface area (Å²) in [6.07, 6.45) is 3.82. The first-order valence-electron chi connectivity index (χ1n) is 11.0. The van der Waals surface area contributed by atoms with Crippen LogP contribution in [0.1, 0.15) is 11.1 Å². The smallest absolute Gasteiger partial charge is 0.159 e. The molecule has 0 spiro atoms. The van der Waals surface area contributed by atoms with Crippen LogP contribution in [0.25, 0.3) is 44.6 Å². The van der Waals surface area contributed by atoms with Gasteiger partial charge in [0.25, 0.3) is 0 Å². The molecular formula is C27H22N6. The molecule has 6 aromatic rings. The predicted molar refractivity (Wildman–Crippen MR) is 131 cm³/mol. The van der Waals surface area contributed by atoms with Gasteiger partial charge in [-0.05, 0) is 47.0 Å². The third kappa shape index (κ3) is 3.88. The largest absolute Gasteiger partial charge is 0.337 e. The van der Waals surface area contributed by atoms with Crippen molar-refractivity contribution in [3.05, 3.63) is 102 Å². The fraction of sp³-hybridized carbons (Fsp3) is 0.0741. The molecule has 3 heterocycles. The number of H-pyrrole nitrogens is 2. The molecule has 3 N–H and O–H groups in total. The fourth-order valence-electron chi connectivity index (χ4n) is 4.13. The highest BCUT2D eigenvalue weighted by Gasteiger charge is 2.13. The summed E-state index contributed by atoms with van der Waals surface area (Å²) in [5.41, 5.74) is 8.31. The standard InChI is InChI=1S/C27H22N6/c1-2-6-18(7-3-1)14-28-15-19-12-21(17-29-16-19)20-10-11-23-22(13-20)26(33-32-23)27-30-24-8-4-5-9-25(24)31-27/h1-13,16-17,28H,14-15H2,(H,30,31)(H,32,33). The van der Waals surface area contributed by atoms with E-state index in [1.54, 1.807) is 0 Å². The summed E-state index contributed by atoms with van der Waals surface area (Å²) in [7, 11) is 0. The van der Waals surface area contributed by atoms with E-state index in [0.717, 1.165) is 63.2 Å². The van der Waals surface area contributed by atoms with Crippen LogP contribution in [0.2, 0.25) is 0 Å². The van der Waals surface area contributed by atoms with Crippen LogP contribution in [-0.4, -0.2) is 25.1 Å². The van der Waals surface area contributed by atoms with Crippen molar-refractivity contribution in [2.45, 2.75) is 13.1 Å². The minimum absolute atomic E-state index is 0.758. The predicted octanol–water partition coefficient (Wildman–Crippen LogP) is 5.46. The topological polar surface area (TPSA) is 82.3 Å². The number of rotatable bonds is 6. The Morgan fingerprint density at radius 2 is 1.58 bits per heavy atom. The first kappa shape index (κ1) is 19.4. The maximum Gasteiger partial charge on any atom is 0.159 e. The van der Waals surface area contributed by atoms with Gasteiger partial charge in [-0.15, -0.1) is 0 Å². The van der Waals surface area contributed by atoms with Gasteiger partial charge in [0.15, 0.2) is 5.82 Å². The molecule has 0 atom stereocenters. The summed E-state index contributed by atoms with van der Waals surface area (Å²) < 4.78 is 0. The van der Waals surface area contributed by atoms with Gasteiger partial charge in [0.1, 0.15) is 5.69 Å². The van der Waals surface area contributed by atoms with E-state index in [1.807, 2.05) is 42.7 Å². The van der Waals surface area contributed by atoms with E-state index in [4.69, 9.17) is 4.98 Å². The fourth-order valence-corrected chi connectivity index (χ4v) is 4.13. The van der Waals surface area contributed by atoms with Gasteiger partial charge in [-0.3, -0.25) is 10.1 Å². The molecule has 33 heavy (non-hydrogen) atoms. The molecule has 0 unspecified atom stereocenters. The average Bonchev–Trinajstić information content (AvgIpc) is 3.48. The van der Waals surface area contributed by atoms with Crippen molar-refractivity contribution in [1.82, 2.24) is 30.5 Å². The number of pyridine rings is 1. The highest BCUT2D eigenvalue weighted by Crippen LogP contribution is 2.30. The van der Waals surface area contributed by atoms with E-state index < -0.39 is 0 Å². The molecule has 0 saturated carbocycles. The van der Waals surface area contributed by atoms with Crippen LogP contribution in [0, 0.1) is 0 Å². The molecule has 3 aromatic carbocycles. The lowest BCUT2D eigenvalue weighted by molar-refractivity contribution is 0.691. The zero-order valence-corrected chi connectivity index (χ0v) is 17.9. The molecule has 0 fully saturated rings. The van der Waals surface area contributed by atoms with Crippen molar-refractivity contribution in [1.29, 1.82) is 0 Å². The third-order valence-electron chi connectivity index (χ3n) is 5.81. The van der Waals surface area contributed by atoms with Crippen LogP contribution in [0.15, 0.2) is 91.3 Å². The first-order chi connectivity index (χ1) is 16.3. The number of hydrogen-bond donors (Lipinski definition) is 3. The Bertz CT molecular complexity index is 1510. The van der Waals surface area contributed by atoms with Crippen molar-refractivity contribution in [2.75, 3.05) is 0 Å². The van der Waals surface area contributed by atoms with E-state index in [2.05, 4.69) is 74.0 Å². The van der Waals surface area contributed by atoms with Crippen molar-refractivity contribution in [2.24, 2.45) is 0 Å². The molecule has 0 amide bonds. The zero-order valence-electron chi connectivity index (χ0n) is 17.9. The van der Waals surface area contributed by atoms with Gasteiger partial charge in [0.2, 0.25) is 0 Å².